The van der Waals surface area contributed by atoms with E-state index in [9.17, 15) is 15.3 Å². The average Bonchev–Trinajstić information content (AvgIpc) is 2.60. The van der Waals surface area contributed by atoms with Gasteiger partial charge in [0.25, 0.3) is 0 Å². The molecule has 0 aliphatic heterocycles. The molecule has 2 aromatic carbocycles. The zero-order chi connectivity index (χ0) is 17.5. The van der Waals surface area contributed by atoms with Gasteiger partial charge in [-0.25, -0.2) is 0 Å². The van der Waals surface area contributed by atoms with Crippen LogP contribution in [-0.4, -0.2) is 42.6 Å². The quantitative estimate of drug-likeness (QED) is 0.436. The lowest BCUT2D eigenvalue weighted by atomic mass is 10.1. The van der Waals surface area contributed by atoms with Gasteiger partial charge in [0.15, 0.2) is 11.5 Å². The maximum Gasteiger partial charge on any atom is 0.157 e. The molecule has 6 nitrogen and oxygen atoms in total. The lowest BCUT2D eigenvalue weighted by Crippen LogP contribution is -2.23. The van der Waals surface area contributed by atoms with Crippen molar-refractivity contribution in [3.63, 3.8) is 0 Å². The Morgan fingerprint density at radius 3 is 2.21 bits per heavy atom. The van der Waals surface area contributed by atoms with Crippen molar-refractivity contribution >= 4 is 0 Å². The number of phenolic OH excluding ortho intramolecular Hbond substituents is 2. The number of phenols is 2. The third-order valence-electron chi connectivity index (χ3n) is 3.72. The Balaban J connectivity index is 1.85. The van der Waals surface area contributed by atoms with E-state index in [0.717, 1.165) is 23.5 Å². The molecule has 130 valence electrons. The molecule has 0 saturated carbocycles. The predicted octanol–water partition coefficient (Wildman–Crippen LogP) is 1.98. The molecule has 0 spiro atoms. The highest BCUT2D eigenvalue weighted by atomic mass is 16.5. The standard InChI is InChI=1S/C18H23NO5/c1-23-14-7-12(8-15(10-14)24-2)5-6-19-11-18(22)13-3-4-16(20)17(21)9-13/h3-4,7-10,18-22H,5-6,11H2,1-2H3/t18-/m1/s1. The van der Waals surface area contributed by atoms with E-state index in [0.29, 0.717) is 18.7 Å². The Kier molecular flexibility index (Phi) is 6.28. The van der Waals surface area contributed by atoms with E-state index in [2.05, 4.69) is 5.32 Å². The van der Waals surface area contributed by atoms with Gasteiger partial charge in [0.1, 0.15) is 11.5 Å². The van der Waals surface area contributed by atoms with Crippen molar-refractivity contribution in [3.8, 4) is 23.0 Å². The Morgan fingerprint density at radius 2 is 1.62 bits per heavy atom. The van der Waals surface area contributed by atoms with Crippen LogP contribution in [0.3, 0.4) is 0 Å². The van der Waals surface area contributed by atoms with E-state index in [1.165, 1.54) is 12.1 Å². The molecule has 0 aliphatic carbocycles. The molecule has 0 fully saturated rings. The van der Waals surface area contributed by atoms with Crippen LogP contribution in [0.25, 0.3) is 0 Å². The normalized spacial score (nSPS) is 12.0. The fourth-order valence-electron chi connectivity index (χ4n) is 2.35. The second kappa shape index (κ2) is 8.42. The van der Waals surface area contributed by atoms with E-state index >= 15 is 0 Å². The van der Waals surface area contributed by atoms with Crippen molar-refractivity contribution < 1.29 is 24.8 Å². The lowest BCUT2D eigenvalue weighted by molar-refractivity contribution is 0.174. The molecular weight excluding hydrogens is 310 g/mol. The molecule has 6 heteroatoms. The molecule has 0 radical (unpaired) electrons. The second-order valence-electron chi connectivity index (χ2n) is 5.44. The molecule has 0 saturated heterocycles. The number of nitrogens with one attached hydrogen (secondary N) is 1. The van der Waals surface area contributed by atoms with Crippen LogP contribution in [0.5, 0.6) is 23.0 Å². The minimum Gasteiger partial charge on any atom is -0.504 e. The van der Waals surface area contributed by atoms with Gasteiger partial charge in [-0.3, -0.25) is 0 Å². The number of hydrogen-bond donors (Lipinski definition) is 4. The summed E-state index contributed by atoms with van der Waals surface area (Å²) in [5.74, 6) is 1.04. The van der Waals surface area contributed by atoms with Crippen LogP contribution >= 0.6 is 0 Å². The highest BCUT2D eigenvalue weighted by molar-refractivity contribution is 5.41. The largest absolute Gasteiger partial charge is 0.504 e. The molecule has 0 aliphatic rings. The third kappa shape index (κ3) is 4.78. The smallest absolute Gasteiger partial charge is 0.157 e. The number of aliphatic hydroxyl groups is 1. The van der Waals surface area contributed by atoms with Crippen LogP contribution in [0.2, 0.25) is 0 Å². The maximum atomic E-state index is 10.1. The van der Waals surface area contributed by atoms with Gasteiger partial charge in [-0.1, -0.05) is 6.07 Å². The van der Waals surface area contributed by atoms with E-state index in [1.54, 1.807) is 20.3 Å². The molecule has 2 aromatic rings. The number of methoxy groups -OCH3 is 2. The Morgan fingerprint density at radius 1 is 0.958 bits per heavy atom. The van der Waals surface area contributed by atoms with Gasteiger partial charge in [-0.15, -0.1) is 0 Å². The first kappa shape index (κ1) is 17.9. The summed E-state index contributed by atoms with van der Waals surface area (Å²) in [5, 5.41) is 32.0. The molecule has 0 aromatic heterocycles. The number of hydrogen-bond acceptors (Lipinski definition) is 6. The average molecular weight is 333 g/mol. The molecule has 2 rings (SSSR count). The van der Waals surface area contributed by atoms with Crippen LogP contribution < -0.4 is 14.8 Å². The van der Waals surface area contributed by atoms with Crippen molar-refractivity contribution in [2.75, 3.05) is 27.3 Å². The summed E-state index contributed by atoms with van der Waals surface area (Å²) < 4.78 is 10.5. The SMILES string of the molecule is COc1cc(CCNC[C@@H](O)c2ccc(O)c(O)c2)cc(OC)c1. The molecule has 0 heterocycles. The topological polar surface area (TPSA) is 91.2 Å². The molecule has 0 amide bonds. The van der Waals surface area contributed by atoms with E-state index < -0.39 is 6.10 Å². The van der Waals surface area contributed by atoms with Gasteiger partial charge in [0.05, 0.1) is 20.3 Å². The second-order valence-corrected chi connectivity index (χ2v) is 5.44. The molecule has 4 N–H and O–H groups in total. The van der Waals surface area contributed by atoms with Crippen molar-refractivity contribution in [1.82, 2.24) is 5.32 Å². The van der Waals surface area contributed by atoms with Gasteiger partial charge in [-0.05, 0) is 48.4 Å². The van der Waals surface area contributed by atoms with Crippen LogP contribution in [0.4, 0.5) is 0 Å². The molecule has 24 heavy (non-hydrogen) atoms. The summed E-state index contributed by atoms with van der Waals surface area (Å²) >= 11 is 0. The van der Waals surface area contributed by atoms with Crippen LogP contribution in [0.1, 0.15) is 17.2 Å². The first-order valence-electron chi connectivity index (χ1n) is 7.66. The van der Waals surface area contributed by atoms with E-state index in [4.69, 9.17) is 9.47 Å². The van der Waals surface area contributed by atoms with Gasteiger partial charge < -0.3 is 30.1 Å². The van der Waals surface area contributed by atoms with Crippen LogP contribution in [0, 0.1) is 0 Å². The monoisotopic (exact) mass is 333 g/mol. The van der Waals surface area contributed by atoms with Gasteiger partial charge in [-0.2, -0.15) is 0 Å². The number of rotatable bonds is 8. The lowest BCUT2D eigenvalue weighted by Gasteiger charge is -2.13. The van der Waals surface area contributed by atoms with Crippen molar-refractivity contribution in [2.24, 2.45) is 0 Å². The summed E-state index contributed by atoms with van der Waals surface area (Å²) in [5.41, 5.74) is 1.61. The summed E-state index contributed by atoms with van der Waals surface area (Å²) in [6.45, 7) is 1.00. The molecule has 1 atom stereocenters. The van der Waals surface area contributed by atoms with Crippen molar-refractivity contribution in [1.29, 1.82) is 0 Å². The fraction of sp³-hybridized carbons (Fsp3) is 0.333. The third-order valence-corrected chi connectivity index (χ3v) is 3.72. The van der Waals surface area contributed by atoms with E-state index in [1.807, 2.05) is 18.2 Å². The summed E-state index contributed by atoms with van der Waals surface area (Å²) in [7, 11) is 3.22. The highest BCUT2D eigenvalue weighted by Gasteiger charge is 2.10. The number of benzene rings is 2. The Hall–Kier alpha value is -2.44. The molecule has 0 unspecified atom stereocenters. The van der Waals surface area contributed by atoms with Crippen LogP contribution in [0.15, 0.2) is 36.4 Å². The number of aliphatic hydroxyl groups excluding tert-OH is 1. The fourth-order valence-corrected chi connectivity index (χ4v) is 2.35. The predicted molar refractivity (Wildman–Crippen MR) is 90.9 cm³/mol. The summed E-state index contributed by atoms with van der Waals surface area (Å²) in [4.78, 5) is 0. The van der Waals surface area contributed by atoms with Gasteiger partial charge in [0, 0.05) is 12.6 Å². The zero-order valence-electron chi connectivity index (χ0n) is 13.8. The van der Waals surface area contributed by atoms with E-state index in [-0.39, 0.29) is 11.5 Å². The number of ether oxygens (including phenoxy) is 2. The Bertz CT molecular complexity index is 652. The first-order valence-corrected chi connectivity index (χ1v) is 7.66. The van der Waals surface area contributed by atoms with Crippen molar-refractivity contribution in [2.45, 2.75) is 12.5 Å². The maximum absolute atomic E-state index is 10.1. The molecular formula is C18H23NO5. The van der Waals surface area contributed by atoms with Gasteiger partial charge >= 0.3 is 0 Å². The molecule has 0 bridgehead atoms. The first-order chi connectivity index (χ1) is 11.5. The van der Waals surface area contributed by atoms with Gasteiger partial charge in [0.2, 0.25) is 0 Å². The minimum absolute atomic E-state index is 0.203. The minimum atomic E-state index is -0.767. The summed E-state index contributed by atoms with van der Waals surface area (Å²) in [6, 6.07) is 9.99. The highest BCUT2D eigenvalue weighted by Crippen LogP contribution is 2.27. The van der Waals surface area contributed by atoms with Crippen LogP contribution in [-0.2, 0) is 6.42 Å². The zero-order valence-corrected chi connectivity index (χ0v) is 13.8. The summed E-state index contributed by atoms with van der Waals surface area (Å²) in [6.07, 6.45) is -0.0162. The number of aromatic hydroxyl groups is 2. The Labute approximate surface area is 141 Å². The van der Waals surface area contributed by atoms with Crippen molar-refractivity contribution in [3.05, 3.63) is 47.5 Å².